The Morgan fingerprint density at radius 1 is 0.500 bits per heavy atom. The van der Waals surface area contributed by atoms with Crippen molar-refractivity contribution in [2.24, 2.45) is 9.98 Å². The molecule has 0 unspecified atom stereocenters. The van der Waals surface area contributed by atoms with Gasteiger partial charge >= 0.3 is 0 Å². The van der Waals surface area contributed by atoms with Gasteiger partial charge in [0.25, 0.3) is 0 Å². The predicted molar refractivity (Wildman–Crippen MR) is 282 cm³/mol. The van der Waals surface area contributed by atoms with E-state index in [4.69, 9.17) is 19.5 Å². The molecule has 0 aromatic heterocycles. The zero-order valence-corrected chi connectivity index (χ0v) is 40.6. The van der Waals surface area contributed by atoms with E-state index in [0.717, 1.165) is 77.2 Å². The minimum absolute atomic E-state index is 0.158. The van der Waals surface area contributed by atoms with E-state index in [1.165, 1.54) is 0 Å². The summed E-state index contributed by atoms with van der Waals surface area (Å²) in [4.78, 5) is 9.74. The number of aliphatic hydroxyl groups is 2. The summed E-state index contributed by atoms with van der Waals surface area (Å²) in [5.41, 5.74) is 9.54. The molecule has 10 rings (SSSR count). The standard InChI is InChI=1S/C62H60N2O6/c1-61(2,3)49-29-37(27-43(59(49)67)33-63-57-47-21-13-9-17-41(47)31-51(57)65)35-69-53-25-23-39-15-7-11-19-45(39)55(53)56-46-20-12-8-16-40(46)24-26-54(56)70-36-38-28-44(60(68)50(30-38)62(4,5)6)34-64-58-48-22-14-10-18-42(48)32-52(58)66/h7-30,33-34,51-52,57-58,65-68H,31-32,35-36H2,1-6H3/t51-,52-,57-,58-/m0/s1. The zero-order chi connectivity index (χ0) is 48.9. The minimum atomic E-state index is -0.644. The van der Waals surface area contributed by atoms with Crippen molar-refractivity contribution in [3.8, 4) is 34.1 Å². The van der Waals surface area contributed by atoms with Crippen LogP contribution in [0.25, 0.3) is 32.7 Å². The number of hydrogen-bond donors (Lipinski definition) is 4. The number of phenolic OH excluding ortho intramolecular Hbond substituents is 2. The van der Waals surface area contributed by atoms with E-state index in [1.54, 1.807) is 12.4 Å². The second-order valence-electron chi connectivity index (χ2n) is 20.9. The van der Waals surface area contributed by atoms with Crippen molar-refractivity contribution in [2.45, 2.75) is 103 Å². The van der Waals surface area contributed by atoms with Crippen molar-refractivity contribution >= 4 is 34.0 Å². The summed E-state index contributed by atoms with van der Waals surface area (Å²) in [6, 6.07) is 47.8. The fourth-order valence-electron chi connectivity index (χ4n) is 10.3. The normalized spacial score (nSPS) is 18.0. The smallest absolute Gasteiger partial charge is 0.128 e. The van der Waals surface area contributed by atoms with Crippen LogP contribution in [0, 0.1) is 0 Å². The van der Waals surface area contributed by atoms with Gasteiger partial charge in [-0.2, -0.15) is 0 Å². The van der Waals surface area contributed by atoms with Crippen LogP contribution < -0.4 is 9.47 Å². The SMILES string of the molecule is CC(C)(C)c1cc(COc2ccc3ccccc3c2-c2c(OCc3cc(C=N[C@H]4c5ccccc5C[C@@H]4O)c(O)c(C(C)(C)C)c3)ccc3ccccc23)cc(C=N[C@H]2c3ccccc3C[C@@H]2O)c1O. The highest BCUT2D eigenvalue weighted by atomic mass is 16.5. The molecule has 0 heterocycles. The summed E-state index contributed by atoms with van der Waals surface area (Å²) in [6.45, 7) is 12.8. The van der Waals surface area contributed by atoms with Gasteiger partial charge in [0.15, 0.2) is 0 Å². The molecular formula is C62H60N2O6. The number of benzene rings is 8. The molecule has 70 heavy (non-hydrogen) atoms. The van der Waals surface area contributed by atoms with Crippen LogP contribution in [0.4, 0.5) is 0 Å². The number of aliphatic hydroxyl groups excluding tert-OH is 2. The number of phenols is 2. The Morgan fingerprint density at radius 2 is 0.886 bits per heavy atom. The Labute approximate surface area is 410 Å². The maximum atomic E-state index is 11.7. The quantitative estimate of drug-likeness (QED) is 0.0958. The van der Waals surface area contributed by atoms with Gasteiger partial charge in [0.2, 0.25) is 0 Å². The number of nitrogens with zero attached hydrogens (tertiary/aromatic N) is 2. The molecule has 4 atom stereocenters. The van der Waals surface area contributed by atoms with Gasteiger partial charge in [0.1, 0.15) is 48.3 Å². The van der Waals surface area contributed by atoms with Crippen molar-refractivity contribution in [1.82, 2.24) is 0 Å². The predicted octanol–water partition coefficient (Wildman–Crippen LogP) is 13.0. The third kappa shape index (κ3) is 9.05. The highest BCUT2D eigenvalue weighted by Crippen LogP contribution is 2.47. The minimum Gasteiger partial charge on any atom is -0.507 e. The molecule has 0 fully saturated rings. The van der Waals surface area contributed by atoms with Crippen LogP contribution >= 0.6 is 0 Å². The Hall–Kier alpha value is -7.26. The Kier molecular flexibility index (Phi) is 12.3. The van der Waals surface area contributed by atoms with E-state index in [9.17, 15) is 20.4 Å². The third-order valence-electron chi connectivity index (χ3n) is 13.9. The van der Waals surface area contributed by atoms with Gasteiger partial charge in [-0.25, -0.2) is 0 Å². The molecule has 0 spiro atoms. The number of aliphatic imine (C=N–C) groups is 2. The second-order valence-corrected chi connectivity index (χ2v) is 20.9. The van der Waals surface area contributed by atoms with E-state index in [2.05, 4.69) is 77.9 Å². The number of fused-ring (bicyclic) bond motifs is 4. The molecule has 8 nitrogen and oxygen atoms in total. The topological polar surface area (TPSA) is 124 Å². The van der Waals surface area contributed by atoms with Crippen LogP contribution in [0.15, 0.2) is 156 Å². The number of aromatic hydroxyl groups is 2. The van der Waals surface area contributed by atoms with Gasteiger partial charge < -0.3 is 29.9 Å². The molecule has 354 valence electrons. The molecular weight excluding hydrogens is 869 g/mol. The van der Waals surface area contributed by atoms with Crippen LogP contribution in [0.2, 0.25) is 0 Å². The van der Waals surface area contributed by atoms with Gasteiger partial charge in [-0.3, -0.25) is 9.98 Å². The van der Waals surface area contributed by atoms with Crippen LogP contribution in [0.3, 0.4) is 0 Å². The van der Waals surface area contributed by atoms with E-state index < -0.39 is 35.1 Å². The van der Waals surface area contributed by atoms with Crippen molar-refractivity contribution in [3.05, 3.63) is 201 Å². The van der Waals surface area contributed by atoms with Gasteiger partial charge in [-0.05, 0) is 102 Å². The Morgan fingerprint density at radius 3 is 1.30 bits per heavy atom. The molecule has 0 aliphatic heterocycles. The average Bonchev–Trinajstić information content (AvgIpc) is 3.84. The maximum Gasteiger partial charge on any atom is 0.128 e. The van der Waals surface area contributed by atoms with Gasteiger partial charge in [-0.15, -0.1) is 0 Å². The van der Waals surface area contributed by atoms with Gasteiger partial charge in [-0.1, -0.05) is 151 Å². The second kappa shape index (κ2) is 18.6. The molecule has 2 aliphatic carbocycles. The first-order chi connectivity index (χ1) is 33.6. The van der Waals surface area contributed by atoms with Crippen LogP contribution in [0.5, 0.6) is 23.0 Å². The van der Waals surface area contributed by atoms with Gasteiger partial charge in [0, 0.05) is 58.7 Å². The van der Waals surface area contributed by atoms with Crippen LogP contribution in [-0.2, 0) is 36.9 Å². The molecule has 0 radical (unpaired) electrons. The van der Waals surface area contributed by atoms with E-state index in [0.29, 0.717) is 35.5 Å². The number of ether oxygens (including phenoxy) is 2. The van der Waals surface area contributed by atoms with Crippen molar-refractivity contribution in [1.29, 1.82) is 0 Å². The van der Waals surface area contributed by atoms with E-state index in [-0.39, 0.29) is 24.7 Å². The molecule has 0 bridgehead atoms. The lowest BCUT2D eigenvalue weighted by molar-refractivity contribution is 0.159. The molecule has 0 saturated carbocycles. The number of rotatable bonds is 11. The fraction of sp³-hybridized carbons (Fsp3) is 0.258. The largest absolute Gasteiger partial charge is 0.507 e. The van der Waals surface area contributed by atoms with Crippen LogP contribution in [0.1, 0.15) is 109 Å². The van der Waals surface area contributed by atoms with E-state index in [1.807, 2.05) is 109 Å². The number of hydrogen-bond acceptors (Lipinski definition) is 8. The summed E-state index contributed by atoms with van der Waals surface area (Å²) in [7, 11) is 0. The molecule has 8 aromatic rings. The molecule has 2 aliphatic rings. The lowest BCUT2D eigenvalue weighted by Gasteiger charge is -2.24. The van der Waals surface area contributed by atoms with Crippen molar-refractivity contribution in [2.75, 3.05) is 0 Å². The summed E-state index contributed by atoms with van der Waals surface area (Å²) >= 11 is 0. The first kappa shape index (κ1) is 46.5. The van der Waals surface area contributed by atoms with Gasteiger partial charge in [0.05, 0.1) is 12.2 Å². The molecule has 0 amide bonds. The van der Waals surface area contributed by atoms with Crippen molar-refractivity contribution in [3.63, 3.8) is 0 Å². The molecule has 8 heteroatoms. The van der Waals surface area contributed by atoms with E-state index >= 15 is 0 Å². The maximum absolute atomic E-state index is 11.7. The first-order valence-corrected chi connectivity index (χ1v) is 24.2. The summed E-state index contributed by atoms with van der Waals surface area (Å²) < 4.78 is 13.9. The highest BCUT2D eigenvalue weighted by molar-refractivity contribution is 6.09. The lowest BCUT2D eigenvalue weighted by atomic mass is 9.84. The fourth-order valence-corrected chi connectivity index (χ4v) is 10.3. The zero-order valence-electron chi connectivity index (χ0n) is 40.6. The average molecular weight is 929 g/mol. The Bertz CT molecular complexity index is 3120. The highest BCUT2D eigenvalue weighted by Gasteiger charge is 2.32. The lowest BCUT2D eigenvalue weighted by Crippen LogP contribution is -2.14. The van der Waals surface area contributed by atoms with Crippen LogP contribution in [-0.4, -0.2) is 45.1 Å². The first-order valence-electron chi connectivity index (χ1n) is 24.2. The summed E-state index contributed by atoms with van der Waals surface area (Å²) in [5, 5.41) is 49.5. The Balaban J connectivity index is 1.02. The molecule has 0 saturated heterocycles. The van der Waals surface area contributed by atoms with Crippen molar-refractivity contribution < 1.29 is 29.9 Å². The summed E-state index contributed by atoms with van der Waals surface area (Å²) in [6.07, 6.45) is 3.17. The molecule has 4 N–H and O–H groups in total. The monoisotopic (exact) mass is 928 g/mol. The third-order valence-corrected chi connectivity index (χ3v) is 13.9. The summed E-state index contributed by atoms with van der Waals surface area (Å²) in [5.74, 6) is 1.65. The molecule has 8 aromatic carbocycles.